The number of rotatable bonds is 3. The topological polar surface area (TPSA) is 24.9 Å². The van der Waals surface area contributed by atoms with E-state index in [0.717, 1.165) is 12.5 Å². The molecule has 1 N–H and O–H groups in total. The molecule has 0 aliphatic heterocycles. The van der Waals surface area contributed by atoms with E-state index in [9.17, 15) is 0 Å². The highest BCUT2D eigenvalue weighted by molar-refractivity contribution is 5.17. The molecule has 2 heteroatoms. The van der Waals surface area contributed by atoms with E-state index < -0.39 is 0 Å². The number of nitrogens with one attached hydrogen (secondary N) is 1. The van der Waals surface area contributed by atoms with Gasteiger partial charge in [-0.3, -0.25) is 4.98 Å². The van der Waals surface area contributed by atoms with Crippen LogP contribution in [0.1, 0.15) is 51.3 Å². The van der Waals surface area contributed by atoms with E-state index in [2.05, 4.69) is 44.1 Å². The largest absolute Gasteiger partial charge is 0.308 e. The third-order valence-corrected chi connectivity index (χ3v) is 4.34. The first-order valence-electron chi connectivity index (χ1n) is 7.12. The van der Waals surface area contributed by atoms with Gasteiger partial charge in [-0.1, -0.05) is 26.8 Å². The van der Waals surface area contributed by atoms with Crippen molar-refractivity contribution in [2.24, 2.45) is 11.3 Å². The first-order chi connectivity index (χ1) is 8.48. The van der Waals surface area contributed by atoms with Crippen molar-refractivity contribution in [3.63, 3.8) is 0 Å². The van der Waals surface area contributed by atoms with Gasteiger partial charge in [0.25, 0.3) is 0 Å². The Labute approximate surface area is 111 Å². The maximum Gasteiger partial charge on any atom is 0.0570 e. The smallest absolute Gasteiger partial charge is 0.0570 e. The summed E-state index contributed by atoms with van der Waals surface area (Å²) in [4.78, 5) is 4.45. The summed E-state index contributed by atoms with van der Waals surface area (Å²) in [5.74, 6) is 0.762. The van der Waals surface area contributed by atoms with Crippen LogP contribution in [0.2, 0.25) is 0 Å². The van der Waals surface area contributed by atoms with Crippen LogP contribution in [-0.4, -0.2) is 11.0 Å². The molecule has 0 bridgehead atoms. The molecular weight excluding hydrogens is 220 g/mol. The third-order valence-electron chi connectivity index (χ3n) is 4.34. The predicted molar refractivity (Wildman–Crippen MR) is 76.4 cm³/mol. The SMILES string of the molecule is Cc1cccnc1CNC1CCC(C)(C)CC1C. The van der Waals surface area contributed by atoms with Gasteiger partial charge in [-0.05, 0) is 49.1 Å². The second-order valence-electron chi connectivity index (χ2n) is 6.64. The van der Waals surface area contributed by atoms with Gasteiger partial charge in [-0.2, -0.15) is 0 Å². The van der Waals surface area contributed by atoms with Crippen LogP contribution in [0.3, 0.4) is 0 Å². The van der Waals surface area contributed by atoms with Crippen LogP contribution in [0, 0.1) is 18.3 Å². The summed E-state index contributed by atoms with van der Waals surface area (Å²) >= 11 is 0. The average Bonchev–Trinajstić information content (AvgIpc) is 2.29. The summed E-state index contributed by atoms with van der Waals surface area (Å²) < 4.78 is 0. The molecule has 0 radical (unpaired) electrons. The van der Waals surface area contributed by atoms with Gasteiger partial charge in [0.1, 0.15) is 0 Å². The summed E-state index contributed by atoms with van der Waals surface area (Å²) in [5.41, 5.74) is 3.00. The van der Waals surface area contributed by atoms with E-state index in [-0.39, 0.29) is 0 Å². The van der Waals surface area contributed by atoms with Gasteiger partial charge < -0.3 is 5.32 Å². The van der Waals surface area contributed by atoms with E-state index in [1.165, 1.54) is 30.5 Å². The monoisotopic (exact) mass is 246 g/mol. The second kappa shape index (κ2) is 5.40. The van der Waals surface area contributed by atoms with Crippen molar-refractivity contribution in [3.05, 3.63) is 29.6 Å². The lowest BCUT2D eigenvalue weighted by Gasteiger charge is -2.39. The lowest BCUT2D eigenvalue weighted by molar-refractivity contribution is 0.148. The van der Waals surface area contributed by atoms with Crippen molar-refractivity contribution in [1.29, 1.82) is 0 Å². The van der Waals surface area contributed by atoms with Gasteiger partial charge in [0.2, 0.25) is 0 Å². The van der Waals surface area contributed by atoms with Gasteiger partial charge in [0, 0.05) is 18.8 Å². The molecule has 2 atom stereocenters. The Morgan fingerprint density at radius 3 is 2.89 bits per heavy atom. The standard InChI is InChI=1S/C16H26N2/c1-12-6-5-9-17-15(12)11-18-14-7-8-16(3,4)10-13(14)2/h5-6,9,13-14,18H,7-8,10-11H2,1-4H3. The summed E-state index contributed by atoms with van der Waals surface area (Å²) in [6.45, 7) is 10.2. The van der Waals surface area contributed by atoms with Crippen LogP contribution in [0.25, 0.3) is 0 Å². The Morgan fingerprint density at radius 1 is 1.44 bits per heavy atom. The highest BCUT2D eigenvalue weighted by Gasteiger charge is 2.31. The summed E-state index contributed by atoms with van der Waals surface area (Å²) in [6, 6.07) is 4.79. The fraction of sp³-hybridized carbons (Fsp3) is 0.688. The van der Waals surface area contributed by atoms with Crippen molar-refractivity contribution in [2.45, 2.75) is 59.5 Å². The summed E-state index contributed by atoms with van der Waals surface area (Å²) in [7, 11) is 0. The minimum absolute atomic E-state index is 0.526. The van der Waals surface area contributed by atoms with E-state index in [1.54, 1.807) is 0 Å². The number of aryl methyl sites for hydroxylation is 1. The fourth-order valence-electron chi connectivity index (χ4n) is 3.18. The molecule has 0 amide bonds. The molecule has 1 aliphatic carbocycles. The molecule has 1 heterocycles. The first kappa shape index (κ1) is 13.5. The molecule has 1 aliphatic rings. The first-order valence-corrected chi connectivity index (χ1v) is 7.12. The molecule has 18 heavy (non-hydrogen) atoms. The molecule has 1 aromatic heterocycles. The highest BCUT2D eigenvalue weighted by Crippen LogP contribution is 2.38. The highest BCUT2D eigenvalue weighted by atomic mass is 14.9. The molecule has 2 rings (SSSR count). The minimum atomic E-state index is 0.526. The number of nitrogens with zero attached hydrogens (tertiary/aromatic N) is 1. The van der Waals surface area contributed by atoms with Crippen molar-refractivity contribution < 1.29 is 0 Å². The van der Waals surface area contributed by atoms with E-state index in [4.69, 9.17) is 0 Å². The maximum absolute atomic E-state index is 4.45. The lowest BCUT2D eigenvalue weighted by atomic mass is 9.70. The van der Waals surface area contributed by atoms with Crippen molar-refractivity contribution in [3.8, 4) is 0 Å². The van der Waals surface area contributed by atoms with Gasteiger partial charge in [-0.15, -0.1) is 0 Å². The molecule has 100 valence electrons. The quantitative estimate of drug-likeness (QED) is 0.879. The Hall–Kier alpha value is -0.890. The van der Waals surface area contributed by atoms with Crippen LogP contribution >= 0.6 is 0 Å². The van der Waals surface area contributed by atoms with Crippen molar-refractivity contribution in [1.82, 2.24) is 10.3 Å². The number of pyridine rings is 1. The van der Waals surface area contributed by atoms with Crippen LogP contribution in [0.5, 0.6) is 0 Å². The van der Waals surface area contributed by atoms with Crippen LogP contribution in [0.4, 0.5) is 0 Å². The fourth-order valence-corrected chi connectivity index (χ4v) is 3.18. The van der Waals surface area contributed by atoms with E-state index in [0.29, 0.717) is 11.5 Å². The molecule has 1 saturated carbocycles. The van der Waals surface area contributed by atoms with Gasteiger partial charge in [0.15, 0.2) is 0 Å². The number of hydrogen-bond acceptors (Lipinski definition) is 2. The molecule has 2 unspecified atom stereocenters. The lowest BCUT2D eigenvalue weighted by Crippen LogP contribution is -2.41. The molecule has 0 spiro atoms. The number of hydrogen-bond donors (Lipinski definition) is 1. The zero-order valence-electron chi connectivity index (χ0n) is 12.2. The van der Waals surface area contributed by atoms with Crippen LogP contribution in [-0.2, 0) is 6.54 Å². The summed E-state index contributed by atoms with van der Waals surface area (Å²) in [5, 5.41) is 3.70. The van der Waals surface area contributed by atoms with E-state index in [1.807, 2.05) is 12.3 Å². The van der Waals surface area contributed by atoms with Crippen molar-refractivity contribution in [2.75, 3.05) is 0 Å². The molecule has 0 aromatic carbocycles. The number of aromatic nitrogens is 1. The molecule has 0 saturated heterocycles. The van der Waals surface area contributed by atoms with E-state index >= 15 is 0 Å². The van der Waals surface area contributed by atoms with Gasteiger partial charge in [-0.25, -0.2) is 0 Å². The summed E-state index contributed by atoms with van der Waals surface area (Å²) in [6.07, 6.45) is 5.83. The molecule has 1 fully saturated rings. The Morgan fingerprint density at radius 2 is 2.22 bits per heavy atom. The minimum Gasteiger partial charge on any atom is -0.308 e. The second-order valence-corrected chi connectivity index (χ2v) is 6.64. The van der Waals surface area contributed by atoms with Gasteiger partial charge in [0.05, 0.1) is 5.69 Å². The van der Waals surface area contributed by atoms with Crippen molar-refractivity contribution >= 4 is 0 Å². The Kier molecular flexibility index (Phi) is 4.06. The zero-order chi connectivity index (χ0) is 13.2. The maximum atomic E-state index is 4.45. The third kappa shape index (κ3) is 3.32. The predicted octanol–water partition coefficient (Wildman–Crippen LogP) is 3.69. The van der Waals surface area contributed by atoms with Crippen LogP contribution in [0.15, 0.2) is 18.3 Å². The molecule has 1 aromatic rings. The Balaban J connectivity index is 1.90. The molecular formula is C16H26N2. The average molecular weight is 246 g/mol. The van der Waals surface area contributed by atoms with Gasteiger partial charge >= 0.3 is 0 Å². The normalized spacial score (nSPS) is 27.1. The zero-order valence-corrected chi connectivity index (χ0v) is 12.2. The molecule has 2 nitrogen and oxygen atoms in total. The van der Waals surface area contributed by atoms with Crippen LogP contribution < -0.4 is 5.32 Å². The Bertz CT molecular complexity index is 398.